The molecule has 0 bridgehead atoms. The molecule has 0 aromatic carbocycles. The normalized spacial score (nSPS) is 37.7. The van der Waals surface area contributed by atoms with Gasteiger partial charge < -0.3 is 9.47 Å². The molecule has 18 heavy (non-hydrogen) atoms. The van der Waals surface area contributed by atoms with Crippen LogP contribution in [0.1, 0.15) is 32.6 Å². The summed E-state index contributed by atoms with van der Waals surface area (Å²) >= 11 is 0. The minimum absolute atomic E-state index is 0.000833. The van der Waals surface area contributed by atoms with E-state index in [0.29, 0.717) is 13.2 Å². The highest BCUT2D eigenvalue weighted by molar-refractivity contribution is 7.90. The van der Waals surface area contributed by atoms with Crippen LogP contribution in [-0.4, -0.2) is 56.0 Å². The van der Waals surface area contributed by atoms with Crippen LogP contribution in [0.4, 0.5) is 0 Å². The highest BCUT2D eigenvalue weighted by Gasteiger charge is 2.52. The van der Waals surface area contributed by atoms with Crippen LogP contribution in [-0.2, 0) is 19.5 Å². The minimum Gasteiger partial charge on any atom is -0.374 e. The van der Waals surface area contributed by atoms with Crippen molar-refractivity contribution in [2.75, 3.05) is 19.8 Å². The zero-order valence-electron chi connectivity index (χ0n) is 10.7. The standard InChI is InChI=1S/C12H21NO4S/c1-2-16-11-8-13(18(14,15)9-5-6-9)10-4-3-7-17-12(10)11/h9-12H,2-8H2,1H3/t10-,11+,12+/m0/s1. The number of hydrogen-bond acceptors (Lipinski definition) is 4. The predicted octanol–water partition coefficient (Wildman–Crippen LogP) is 0.747. The summed E-state index contributed by atoms with van der Waals surface area (Å²) in [4.78, 5) is 0. The lowest BCUT2D eigenvalue weighted by molar-refractivity contribution is -0.0727. The van der Waals surface area contributed by atoms with Crippen LogP contribution < -0.4 is 0 Å². The van der Waals surface area contributed by atoms with Crippen LogP contribution in [0.3, 0.4) is 0 Å². The molecule has 3 atom stereocenters. The Kier molecular flexibility index (Phi) is 3.38. The fourth-order valence-electron chi connectivity index (χ4n) is 3.08. The summed E-state index contributed by atoms with van der Waals surface area (Å²) in [7, 11) is -3.11. The zero-order chi connectivity index (χ0) is 12.8. The second-order valence-corrected chi connectivity index (χ2v) is 7.52. The van der Waals surface area contributed by atoms with Crippen LogP contribution >= 0.6 is 0 Å². The van der Waals surface area contributed by atoms with Gasteiger partial charge in [-0.2, -0.15) is 4.31 Å². The monoisotopic (exact) mass is 275 g/mol. The second kappa shape index (κ2) is 4.74. The van der Waals surface area contributed by atoms with Crippen molar-refractivity contribution in [2.24, 2.45) is 0 Å². The summed E-state index contributed by atoms with van der Waals surface area (Å²) < 4.78 is 37.9. The Hall–Kier alpha value is -0.170. The van der Waals surface area contributed by atoms with Gasteiger partial charge in [-0.25, -0.2) is 8.42 Å². The molecule has 3 aliphatic rings. The second-order valence-electron chi connectivity index (χ2n) is 5.35. The molecule has 1 aliphatic carbocycles. The van der Waals surface area contributed by atoms with Gasteiger partial charge in [0.15, 0.2) is 0 Å². The Balaban J connectivity index is 1.82. The van der Waals surface area contributed by atoms with Gasteiger partial charge in [0.1, 0.15) is 6.10 Å². The first-order valence-electron chi connectivity index (χ1n) is 6.88. The van der Waals surface area contributed by atoms with E-state index in [-0.39, 0.29) is 23.5 Å². The number of sulfonamides is 1. The Labute approximate surface area is 108 Å². The van der Waals surface area contributed by atoms with Gasteiger partial charge in [-0.3, -0.25) is 0 Å². The van der Waals surface area contributed by atoms with E-state index in [1.165, 1.54) is 0 Å². The van der Waals surface area contributed by atoms with Crippen molar-refractivity contribution in [3.8, 4) is 0 Å². The molecule has 0 aromatic heterocycles. The third-order valence-corrected chi connectivity index (χ3v) is 6.47. The van der Waals surface area contributed by atoms with E-state index < -0.39 is 10.0 Å². The molecule has 0 unspecified atom stereocenters. The molecule has 0 N–H and O–H groups in total. The molecule has 0 spiro atoms. The lowest BCUT2D eigenvalue weighted by Crippen LogP contribution is -2.44. The summed E-state index contributed by atoms with van der Waals surface area (Å²) in [5.74, 6) is 0. The van der Waals surface area contributed by atoms with Crippen LogP contribution in [0, 0.1) is 0 Å². The largest absolute Gasteiger partial charge is 0.374 e. The molecule has 0 aromatic rings. The maximum Gasteiger partial charge on any atom is 0.217 e. The van der Waals surface area contributed by atoms with E-state index in [2.05, 4.69) is 0 Å². The van der Waals surface area contributed by atoms with Gasteiger partial charge in [0.2, 0.25) is 10.0 Å². The quantitative estimate of drug-likeness (QED) is 0.759. The number of fused-ring (bicyclic) bond motifs is 1. The average molecular weight is 275 g/mol. The molecule has 104 valence electrons. The molecule has 5 nitrogen and oxygen atoms in total. The smallest absolute Gasteiger partial charge is 0.217 e. The van der Waals surface area contributed by atoms with Crippen molar-refractivity contribution < 1.29 is 17.9 Å². The molecule has 2 aliphatic heterocycles. The average Bonchev–Trinajstić information content (AvgIpc) is 3.15. The summed E-state index contributed by atoms with van der Waals surface area (Å²) in [6, 6.07) is 0.000833. The highest BCUT2D eigenvalue weighted by atomic mass is 32.2. The lowest BCUT2D eigenvalue weighted by atomic mass is 10.0. The van der Waals surface area contributed by atoms with E-state index >= 15 is 0 Å². The van der Waals surface area contributed by atoms with Crippen molar-refractivity contribution >= 4 is 10.0 Å². The molecular formula is C12H21NO4S. The zero-order valence-corrected chi connectivity index (χ0v) is 11.6. The maximum absolute atomic E-state index is 12.4. The molecule has 0 radical (unpaired) electrons. The first kappa shape index (κ1) is 12.8. The summed E-state index contributed by atoms with van der Waals surface area (Å²) in [5, 5.41) is -0.138. The molecule has 1 saturated carbocycles. The van der Waals surface area contributed by atoms with Crippen molar-refractivity contribution in [2.45, 2.75) is 56.1 Å². The summed E-state index contributed by atoms with van der Waals surface area (Å²) in [6.07, 6.45) is 3.32. The van der Waals surface area contributed by atoms with Gasteiger partial charge in [0, 0.05) is 19.8 Å². The number of hydrogen-bond donors (Lipinski definition) is 0. The third-order valence-electron chi connectivity index (χ3n) is 4.08. The van der Waals surface area contributed by atoms with E-state index in [0.717, 1.165) is 32.3 Å². The number of nitrogens with zero attached hydrogens (tertiary/aromatic N) is 1. The van der Waals surface area contributed by atoms with Crippen LogP contribution in [0.2, 0.25) is 0 Å². The Morgan fingerprint density at radius 1 is 1.33 bits per heavy atom. The molecule has 6 heteroatoms. The molecule has 3 fully saturated rings. The third kappa shape index (κ3) is 2.09. The van der Waals surface area contributed by atoms with Crippen LogP contribution in [0.15, 0.2) is 0 Å². The SMILES string of the molecule is CCO[C@@H]1CN(S(=O)(=O)C2CC2)[C@H]2CCCO[C@@H]12. The van der Waals surface area contributed by atoms with E-state index in [9.17, 15) is 8.42 Å². The van der Waals surface area contributed by atoms with Crippen molar-refractivity contribution in [3.05, 3.63) is 0 Å². The molecule has 2 heterocycles. The Bertz CT molecular complexity index is 406. The maximum atomic E-state index is 12.4. The molecule has 0 amide bonds. The first-order valence-corrected chi connectivity index (χ1v) is 8.38. The number of ether oxygens (including phenoxy) is 2. The van der Waals surface area contributed by atoms with Gasteiger partial charge >= 0.3 is 0 Å². The van der Waals surface area contributed by atoms with Crippen molar-refractivity contribution in [1.82, 2.24) is 4.31 Å². The lowest BCUT2D eigenvalue weighted by Gasteiger charge is -2.31. The molecular weight excluding hydrogens is 254 g/mol. The minimum atomic E-state index is -3.11. The molecule has 3 rings (SSSR count). The fraction of sp³-hybridized carbons (Fsp3) is 1.00. The van der Waals surface area contributed by atoms with E-state index in [1.807, 2.05) is 6.92 Å². The fourth-order valence-corrected chi connectivity index (χ4v) is 5.15. The van der Waals surface area contributed by atoms with E-state index in [4.69, 9.17) is 9.47 Å². The van der Waals surface area contributed by atoms with Gasteiger partial charge in [-0.15, -0.1) is 0 Å². The number of rotatable bonds is 4. The topological polar surface area (TPSA) is 55.8 Å². The highest BCUT2D eigenvalue weighted by Crippen LogP contribution is 2.38. The Morgan fingerprint density at radius 2 is 2.11 bits per heavy atom. The first-order chi connectivity index (χ1) is 8.64. The molecule has 2 saturated heterocycles. The van der Waals surface area contributed by atoms with Gasteiger partial charge in [0.25, 0.3) is 0 Å². The Morgan fingerprint density at radius 3 is 2.78 bits per heavy atom. The van der Waals surface area contributed by atoms with Gasteiger partial charge in [0.05, 0.1) is 17.4 Å². The van der Waals surface area contributed by atoms with Crippen molar-refractivity contribution in [1.29, 1.82) is 0 Å². The van der Waals surface area contributed by atoms with E-state index in [1.54, 1.807) is 4.31 Å². The van der Waals surface area contributed by atoms with Gasteiger partial charge in [-0.1, -0.05) is 0 Å². The predicted molar refractivity (Wildman–Crippen MR) is 66.8 cm³/mol. The van der Waals surface area contributed by atoms with Crippen LogP contribution in [0.25, 0.3) is 0 Å². The van der Waals surface area contributed by atoms with Gasteiger partial charge in [-0.05, 0) is 32.6 Å². The van der Waals surface area contributed by atoms with Crippen LogP contribution in [0.5, 0.6) is 0 Å². The summed E-state index contributed by atoms with van der Waals surface area (Å²) in [6.45, 7) is 3.74. The summed E-state index contributed by atoms with van der Waals surface area (Å²) in [5.41, 5.74) is 0. The van der Waals surface area contributed by atoms with Crippen molar-refractivity contribution in [3.63, 3.8) is 0 Å².